The molecule has 102 valence electrons. The van der Waals surface area contributed by atoms with E-state index in [1.807, 2.05) is 6.07 Å². The van der Waals surface area contributed by atoms with Crippen LogP contribution in [0.15, 0.2) is 35.5 Å². The van der Waals surface area contributed by atoms with Gasteiger partial charge in [-0.3, -0.25) is 4.72 Å². The van der Waals surface area contributed by atoms with Gasteiger partial charge in [-0.25, -0.2) is 18.4 Å². The zero-order chi connectivity index (χ0) is 14.8. The smallest absolute Gasteiger partial charge is 0.265 e. The third kappa shape index (κ3) is 3.17. The minimum Gasteiger partial charge on any atom is -0.278 e. The van der Waals surface area contributed by atoms with E-state index in [1.54, 1.807) is 0 Å². The maximum Gasteiger partial charge on any atom is 0.265 e. The van der Waals surface area contributed by atoms with Crippen LogP contribution < -0.4 is 4.72 Å². The van der Waals surface area contributed by atoms with Gasteiger partial charge >= 0.3 is 0 Å². The molecule has 0 radical (unpaired) electrons. The molecule has 0 unspecified atom stereocenters. The highest BCUT2D eigenvalue weighted by Gasteiger charge is 2.17. The fourth-order valence-electron chi connectivity index (χ4n) is 1.31. The highest BCUT2D eigenvalue weighted by atomic mass is 35.5. The van der Waals surface area contributed by atoms with Crippen LogP contribution >= 0.6 is 23.2 Å². The highest BCUT2D eigenvalue weighted by Crippen LogP contribution is 2.25. The van der Waals surface area contributed by atoms with Gasteiger partial charge in [0.2, 0.25) is 5.28 Å². The van der Waals surface area contributed by atoms with Crippen molar-refractivity contribution in [1.82, 2.24) is 9.97 Å². The van der Waals surface area contributed by atoms with E-state index < -0.39 is 10.0 Å². The summed E-state index contributed by atoms with van der Waals surface area (Å²) >= 11 is 11.4. The fraction of sp³-hybridized carbons (Fsp3) is 0. The molecule has 0 spiro atoms. The number of nitrogens with zero attached hydrogens (tertiary/aromatic N) is 3. The van der Waals surface area contributed by atoms with Crippen LogP contribution in [-0.4, -0.2) is 18.4 Å². The van der Waals surface area contributed by atoms with E-state index in [0.717, 1.165) is 12.4 Å². The lowest BCUT2D eigenvalue weighted by Crippen LogP contribution is -2.14. The summed E-state index contributed by atoms with van der Waals surface area (Å²) in [4.78, 5) is 7.04. The van der Waals surface area contributed by atoms with Crippen molar-refractivity contribution in [2.24, 2.45) is 0 Å². The Morgan fingerprint density at radius 1 is 1.20 bits per heavy atom. The number of nitriles is 1. The van der Waals surface area contributed by atoms with Gasteiger partial charge < -0.3 is 0 Å². The largest absolute Gasteiger partial charge is 0.278 e. The molecule has 0 atom stereocenters. The summed E-state index contributed by atoms with van der Waals surface area (Å²) in [5.41, 5.74) is 0.480. The second kappa shape index (κ2) is 5.63. The van der Waals surface area contributed by atoms with E-state index in [2.05, 4.69) is 14.7 Å². The van der Waals surface area contributed by atoms with E-state index >= 15 is 0 Å². The van der Waals surface area contributed by atoms with Crippen molar-refractivity contribution < 1.29 is 8.42 Å². The maximum atomic E-state index is 12.1. The molecule has 0 amide bonds. The molecular weight excluding hydrogens is 323 g/mol. The molecular formula is C11H6Cl2N4O2S. The molecule has 1 aromatic carbocycles. The Morgan fingerprint density at radius 3 is 2.40 bits per heavy atom. The minimum absolute atomic E-state index is 0.0552. The number of anilines is 1. The monoisotopic (exact) mass is 328 g/mol. The van der Waals surface area contributed by atoms with Gasteiger partial charge in [-0.15, -0.1) is 0 Å². The van der Waals surface area contributed by atoms with E-state index in [1.165, 1.54) is 18.2 Å². The number of nitrogens with one attached hydrogen (secondary N) is 1. The lowest BCUT2D eigenvalue weighted by atomic mass is 10.2. The minimum atomic E-state index is -3.87. The molecule has 1 N–H and O–H groups in total. The molecule has 1 heterocycles. The zero-order valence-electron chi connectivity index (χ0n) is 9.71. The predicted octanol–water partition coefficient (Wildman–Crippen LogP) is 2.46. The van der Waals surface area contributed by atoms with Crippen LogP contribution in [0.25, 0.3) is 0 Å². The first-order chi connectivity index (χ1) is 9.42. The maximum absolute atomic E-state index is 12.1. The first kappa shape index (κ1) is 14.5. The summed E-state index contributed by atoms with van der Waals surface area (Å²) in [6.07, 6.45) is 2.16. The van der Waals surface area contributed by atoms with Crippen molar-refractivity contribution in [3.8, 4) is 6.07 Å². The molecule has 9 heteroatoms. The Labute approximate surface area is 125 Å². The van der Waals surface area contributed by atoms with Crippen LogP contribution in [0.1, 0.15) is 5.56 Å². The van der Waals surface area contributed by atoms with E-state index in [0.29, 0.717) is 5.56 Å². The molecule has 0 aliphatic heterocycles. The topological polar surface area (TPSA) is 95.7 Å². The van der Waals surface area contributed by atoms with Crippen molar-refractivity contribution in [1.29, 1.82) is 5.26 Å². The molecule has 0 saturated heterocycles. The number of hydrogen-bond acceptors (Lipinski definition) is 5. The number of rotatable bonds is 3. The van der Waals surface area contributed by atoms with Crippen LogP contribution in [0.2, 0.25) is 10.3 Å². The average molecular weight is 329 g/mol. The number of halogens is 2. The van der Waals surface area contributed by atoms with Gasteiger partial charge in [-0.05, 0) is 29.8 Å². The zero-order valence-corrected chi connectivity index (χ0v) is 12.0. The molecule has 2 rings (SSSR count). The molecule has 0 bridgehead atoms. The van der Waals surface area contributed by atoms with E-state index in [9.17, 15) is 8.42 Å². The van der Waals surface area contributed by atoms with Crippen LogP contribution in [0, 0.1) is 11.3 Å². The fourth-order valence-corrected chi connectivity index (χ4v) is 2.66. The summed E-state index contributed by atoms with van der Waals surface area (Å²) in [5.74, 6) is 0. The van der Waals surface area contributed by atoms with Crippen molar-refractivity contribution in [3.63, 3.8) is 0 Å². The third-order valence-electron chi connectivity index (χ3n) is 2.25. The van der Waals surface area contributed by atoms with Crippen LogP contribution in [0.3, 0.4) is 0 Å². The lowest BCUT2D eigenvalue weighted by Gasteiger charge is -2.09. The van der Waals surface area contributed by atoms with Gasteiger partial charge in [0.05, 0.1) is 34.7 Å². The molecule has 1 aromatic heterocycles. The van der Waals surface area contributed by atoms with Gasteiger partial charge in [0.25, 0.3) is 10.0 Å². The predicted molar refractivity (Wildman–Crippen MR) is 74.0 cm³/mol. The average Bonchev–Trinajstić information content (AvgIpc) is 2.41. The SMILES string of the molecule is N#Cc1ccc(NS(=O)(=O)c2cnc(Cl)nc2)c(Cl)c1. The number of hydrogen-bond donors (Lipinski definition) is 1. The first-order valence-corrected chi connectivity index (χ1v) is 7.36. The molecule has 0 fully saturated rings. The summed E-state index contributed by atoms with van der Waals surface area (Å²) in [7, 11) is -3.87. The Kier molecular flexibility index (Phi) is 4.09. The summed E-state index contributed by atoms with van der Waals surface area (Å²) < 4.78 is 26.4. The van der Waals surface area contributed by atoms with Crippen molar-refractivity contribution in [2.75, 3.05) is 4.72 Å². The Balaban J connectivity index is 2.34. The van der Waals surface area contributed by atoms with Gasteiger partial charge in [0.15, 0.2) is 0 Å². The number of aromatic nitrogens is 2. The quantitative estimate of drug-likeness (QED) is 0.873. The van der Waals surface area contributed by atoms with Crippen LogP contribution in [0.5, 0.6) is 0 Å². The van der Waals surface area contributed by atoms with E-state index in [-0.39, 0.29) is 20.9 Å². The Hall–Kier alpha value is -1.88. The van der Waals surface area contributed by atoms with Crippen molar-refractivity contribution in [3.05, 3.63) is 46.5 Å². The standard InChI is InChI=1S/C11H6Cl2N4O2S/c12-9-3-7(4-14)1-2-10(9)17-20(18,19)8-5-15-11(13)16-6-8/h1-3,5-6,17H. The van der Waals surface area contributed by atoms with Crippen LogP contribution in [-0.2, 0) is 10.0 Å². The summed E-state index contributed by atoms with van der Waals surface area (Å²) in [5, 5.41) is 8.77. The van der Waals surface area contributed by atoms with Crippen molar-refractivity contribution >= 4 is 38.9 Å². The van der Waals surface area contributed by atoms with Crippen LogP contribution in [0.4, 0.5) is 5.69 Å². The molecule has 20 heavy (non-hydrogen) atoms. The number of sulfonamides is 1. The molecule has 0 saturated carbocycles. The van der Waals surface area contributed by atoms with E-state index in [4.69, 9.17) is 28.5 Å². The molecule has 2 aromatic rings. The normalized spacial score (nSPS) is 10.8. The number of benzene rings is 1. The Morgan fingerprint density at radius 2 is 1.85 bits per heavy atom. The second-order valence-electron chi connectivity index (χ2n) is 3.60. The lowest BCUT2D eigenvalue weighted by molar-refractivity contribution is 0.600. The van der Waals surface area contributed by atoms with Crippen molar-refractivity contribution in [2.45, 2.75) is 4.90 Å². The van der Waals surface area contributed by atoms with Gasteiger partial charge in [-0.1, -0.05) is 11.6 Å². The first-order valence-electron chi connectivity index (χ1n) is 5.12. The second-order valence-corrected chi connectivity index (χ2v) is 6.03. The molecule has 6 nitrogen and oxygen atoms in total. The highest BCUT2D eigenvalue weighted by molar-refractivity contribution is 7.92. The Bertz CT molecular complexity index is 785. The molecule has 0 aliphatic rings. The molecule has 0 aliphatic carbocycles. The van der Waals surface area contributed by atoms with Gasteiger partial charge in [0, 0.05) is 0 Å². The summed E-state index contributed by atoms with van der Waals surface area (Å²) in [6, 6.07) is 6.10. The van der Waals surface area contributed by atoms with Gasteiger partial charge in [-0.2, -0.15) is 5.26 Å². The third-order valence-corrected chi connectivity index (χ3v) is 4.08. The van der Waals surface area contributed by atoms with Gasteiger partial charge in [0.1, 0.15) is 4.90 Å². The summed E-state index contributed by atoms with van der Waals surface area (Å²) in [6.45, 7) is 0.